The fourth-order valence-electron chi connectivity index (χ4n) is 2.86. The molecule has 0 heterocycles. The molecule has 0 amide bonds. The average molecular weight is 425 g/mol. The van der Waals surface area contributed by atoms with E-state index in [9.17, 15) is 0 Å². The van der Waals surface area contributed by atoms with Crippen molar-refractivity contribution in [2.24, 2.45) is 16.3 Å². The first-order valence-electron chi connectivity index (χ1n) is 8.03. The van der Waals surface area contributed by atoms with Gasteiger partial charge in [-0.2, -0.15) is 0 Å². The Balaban J connectivity index is 0.00000242. The molecule has 0 radical (unpaired) electrons. The number of rotatable bonds is 7. The van der Waals surface area contributed by atoms with Gasteiger partial charge >= 0.3 is 0 Å². The number of hydrogen-bond acceptors (Lipinski definition) is 3. The summed E-state index contributed by atoms with van der Waals surface area (Å²) in [5, 5.41) is 6.82. The molecule has 2 atom stereocenters. The van der Waals surface area contributed by atoms with E-state index in [0.29, 0.717) is 6.04 Å². The summed E-state index contributed by atoms with van der Waals surface area (Å²) >= 11 is 0. The fourth-order valence-corrected chi connectivity index (χ4v) is 2.86. The Hall–Kier alpha value is -0.0800. The summed E-state index contributed by atoms with van der Waals surface area (Å²) in [5.41, 5.74) is 0.0265. The van der Waals surface area contributed by atoms with Crippen LogP contribution in [-0.4, -0.2) is 51.5 Å². The smallest absolute Gasteiger partial charge is 0.191 e. The molecular formula is C16H32IN3O2. The number of methoxy groups -OCH3 is 1. The molecule has 0 aromatic rings. The van der Waals surface area contributed by atoms with Gasteiger partial charge in [-0.25, -0.2) is 0 Å². The van der Waals surface area contributed by atoms with Gasteiger partial charge in [-0.05, 0) is 32.1 Å². The number of hydrogen-bond donors (Lipinski definition) is 2. The Morgan fingerprint density at radius 2 is 1.95 bits per heavy atom. The first-order chi connectivity index (χ1) is 9.93. The molecule has 2 rings (SSSR count). The van der Waals surface area contributed by atoms with E-state index >= 15 is 0 Å². The van der Waals surface area contributed by atoms with Crippen LogP contribution in [0.2, 0.25) is 0 Å². The van der Waals surface area contributed by atoms with Gasteiger partial charge in [0.15, 0.2) is 5.96 Å². The van der Waals surface area contributed by atoms with Crippen molar-refractivity contribution in [1.82, 2.24) is 10.6 Å². The quantitative estimate of drug-likeness (QED) is 0.285. The van der Waals surface area contributed by atoms with Gasteiger partial charge in [0.1, 0.15) is 0 Å². The second-order valence-corrected chi connectivity index (χ2v) is 7.07. The molecule has 0 bridgehead atoms. The third-order valence-corrected chi connectivity index (χ3v) is 5.40. The number of nitrogens with one attached hydrogen (secondary N) is 2. The number of ether oxygens (including phenoxy) is 2. The summed E-state index contributed by atoms with van der Waals surface area (Å²) in [4.78, 5) is 4.29. The van der Waals surface area contributed by atoms with Crippen LogP contribution in [0.1, 0.15) is 40.0 Å². The molecule has 6 heteroatoms. The van der Waals surface area contributed by atoms with Gasteiger partial charge in [0.2, 0.25) is 0 Å². The first-order valence-corrected chi connectivity index (χ1v) is 8.03. The summed E-state index contributed by atoms with van der Waals surface area (Å²) in [6.45, 7) is 9.10. The van der Waals surface area contributed by atoms with E-state index in [-0.39, 0.29) is 35.0 Å². The second kappa shape index (κ2) is 8.15. The van der Waals surface area contributed by atoms with Crippen LogP contribution < -0.4 is 10.6 Å². The van der Waals surface area contributed by atoms with Crippen LogP contribution in [0, 0.1) is 11.3 Å². The van der Waals surface area contributed by atoms with Crippen molar-refractivity contribution >= 4 is 29.9 Å². The van der Waals surface area contributed by atoms with E-state index in [4.69, 9.17) is 9.47 Å². The van der Waals surface area contributed by atoms with Crippen LogP contribution in [0.5, 0.6) is 0 Å². The van der Waals surface area contributed by atoms with E-state index in [2.05, 4.69) is 36.4 Å². The lowest BCUT2D eigenvalue weighted by molar-refractivity contribution is -0.176. The molecule has 2 aliphatic rings. The van der Waals surface area contributed by atoms with Gasteiger partial charge in [-0.1, -0.05) is 13.8 Å². The number of halogens is 1. The summed E-state index contributed by atoms with van der Waals surface area (Å²) in [6.07, 6.45) is 3.67. The lowest BCUT2D eigenvalue weighted by Crippen LogP contribution is -2.69. The van der Waals surface area contributed by atoms with E-state index < -0.39 is 0 Å². The number of aliphatic imine (C=N–C) groups is 1. The van der Waals surface area contributed by atoms with E-state index in [1.165, 1.54) is 12.8 Å². The molecule has 0 saturated heterocycles. The Morgan fingerprint density at radius 1 is 1.27 bits per heavy atom. The molecule has 0 aromatic heterocycles. The van der Waals surface area contributed by atoms with Crippen LogP contribution in [0.3, 0.4) is 0 Å². The molecule has 2 saturated carbocycles. The largest absolute Gasteiger partial charge is 0.379 e. The minimum atomic E-state index is -0.0586. The highest BCUT2D eigenvalue weighted by Crippen LogP contribution is 2.51. The highest BCUT2D eigenvalue weighted by molar-refractivity contribution is 14.0. The summed E-state index contributed by atoms with van der Waals surface area (Å²) in [7, 11) is 3.60. The highest BCUT2D eigenvalue weighted by atomic mass is 127. The lowest BCUT2D eigenvalue weighted by atomic mass is 9.56. The van der Waals surface area contributed by atoms with Crippen molar-refractivity contribution in [3.8, 4) is 0 Å². The van der Waals surface area contributed by atoms with E-state index in [0.717, 1.165) is 38.1 Å². The van der Waals surface area contributed by atoms with Crippen LogP contribution in [0.25, 0.3) is 0 Å². The summed E-state index contributed by atoms with van der Waals surface area (Å²) < 4.78 is 11.3. The number of guanidine groups is 1. The summed E-state index contributed by atoms with van der Waals surface area (Å²) in [5.74, 6) is 1.67. The van der Waals surface area contributed by atoms with Crippen LogP contribution in [0.4, 0.5) is 0 Å². The van der Waals surface area contributed by atoms with Crippen molar-refractivity contribution in [2.45, 2.75) is 51.7 Å². The van der Waals surface area contributed by atoms with E-state index in [1.807, 2.05) is 7.05 Å². The Kier molecular flexibility index (Phi) is 7.39. The Morgan fingerprint density at radius 3 is 2.45 bits per heavy atom. The zero-order valence-electron chi connectivity index (χ0n) is 14.6. The van der Waals surface area contributed by atoms with Gasteiger partial charge in [-0.15, -0.1) is 24.0 Å². The molecule has 22 heavy (non-hydrogen) atoms. The van der Waals surface area contributed by atoms with Crippen molar-refractivity contribution in [2.75, 3.05) is 33.9 Å². The zero-order valence-corrected chi connectivity index (χ0v) is 16.9. The van der Waals surface area contributed by atoms with Crippen LogP contribution in [-0.2, 0) is 9.47 Å². The standard InChI is InChI=1S/C16H31N3O2.HI/c1-15(2)13(10-16(15,3)20-5)19-14(17-4)18-8-9-21-11-12-6-7-12;/h12-13H,6-11H2,1-5H3,(H2,17,18,19);1H. The van der Waals surface area contributed by atoms with Crippen molar-refractivity contribution in [1.29, 1.82) is 0 Å². The molecule has 2 N–H and O–H groups in total. The minimum absolute atomic E-state index is 0. The van der Waals surface area contributed by atoms with Crippen molar-refractivity contribution < 1.29 is 9.47 Å². The van der Waals surface area contributed by atoms with Crippen molar-refractivity contribution in [3.05, 3.63) is 0 Å². The molecule has 0 spiro atoms. The molecule has 5 nitrogen and oxygen atoms in total. The summed E-state index contributed by atoms with van der Waals surface area (Å²) in [6, 6.07) is 0.376. The Labute approximate surface area is 152 Å². The molecular weight excluding hydrogens is 393 g/mol. The molecule has 0 aromatic carbocycles. The molecule has 2 aliphatic carbocycles. The number of nitrogens with zero attached hydrogens (tertiary/aromatic N) is 1. The maximum atomic E-state index is 5.66. The van der Waals surface area contributed by atoms with Gasteiger partial charge in [0.05, 0.1) is 12.2 Å². The van der Waals surface area contributed by atoms with Gasteiger partial charge in [0.25, 0.3) is 0 Å². The zero-order chi connectivity index (χ0) is 15.5. The fraction of sp³-hybridized carbons (Fsp3) is 0.938. The van der Waals surface area contributed by atoms with E-state index in [1.54, 1.807) is 7.11 Å². The highest BCUT2D eigenvalue weighted by Gasteiger charge is 2.58. The monoisotopic (exact) mass is 425 g/mol. The molecule has 2 unspecified atom stereocenters. The lowest BCUT2D eigenvalue weighted by Gasteiger charge is -2.59. The maximum absolute atomic E-state index is 5.66. The molecule has 2 fully saturated rings. The van der Waals surface area contributed by atoms with Gasteiger partial charge in [-0.3, -0.25) is 4.99 Å². The Bertz CT molecular complexity index is 386. The van der Waals surface area contributed by atoms with Crippen LogP contribution in [0.15, 0.2) is 4.99 Å². The average Bonchev–Trinajstić information content (AvgIpc) is 3.28. The minimum Gasteiger partial charge on any atom is -0.379 e. The predicted octanol–water partition coefficient (Wildman–Crippen LogP) is 2.40. The first kappa shape index (κ1) is 20.0. The normalized spacial score (nSPS) is 30.2. The SMILES string of the molecule is CN=C(NCCOCC1CC1)NC1CC(C)(OC)C1(C)C.I. The van der Waals surface area contributed by atoms with Gasteiger partial charge < -0.3 is 20.1 Å². The van der Waals surface area contributed by atoms with Crippen LogP contribution >= 0.6 is 24.0 Å². The topological polar surface area (TPSA) is 54.9 Å². The second-order valence-electron chi connectivity index (χ2n) is 7.07. The predicted molar refractivity (Wildman–Crippen MR) is 101 cm³/mol. The van der Waals surface area contributed by atoms with Gasteiger partial charge in [0, 0.05) is 38.8 Å². The third-order valence-electron chi connectivity index (χ3n) is 5.40. The molecule has 130 valence electrons. The van der Waals surface area contributed by atoms with Crippen molar-refractivity contribution in [3.63, 3.8) is 0 Å². The maximum Gasteiger partial charge on any atom is 0.191 e. The third kappa shape index (κ3) is 4.47. The molecule has 0 aliphatic heterocycles.